The second-order valence-electron chi connectivity index (χ2n) is 4.31. The minimum absolute atomic E-state index is 0.691. The summed E-state index contributed by atoms with van der Waals surface area (Å²) in [6.45, 7) is 2.78. The van der Waals surface area contributed by atoms with Gasteiger partial charge >= 0.3 is 0 Å². The molecule has 0 amide bonds. The van der Waals surface area contributed by atoms with Crippen molar-refractivity contribution in [1.82, 2.24) is 19.4 Å². The van der Waals surface area contributed by atoms with Crippen molar-refractivity contribution < 1.29 is 0 Å². The molecule has 5 nitrogen and oxygen atoms in total. The average molecular weight is 253 g/mol. The van der Waals surface area contributed by atoms with E-state index in [1.807, 2.05) is 35.1 Å². The van der Waals surface area contributed by atoms with Crippen LogP contribution in [-0.4, -0.2) is 19.4 Å². The summed E-state index contributed by atoms with van der Waals surface area (Å²) in [5.41, 5.74) is 3.01. The lowest BCUT2D eigenvalue weighted by Gasteiger charge is -2.08. The Balaban J connectivity index is 1.89. The Morgan fingerprint density at radius 3 is 3.05 bits per heavy atom. The fourth-order valence-corrected chi connectivity index (χ4v) is 1.96. The molecule has 3 rings (SSSR count). The Bertz CT molecular complexity index is 675. The number of hydrogen-bond acceptors (Lipinski definition) is 4. The number of nitrogens with one attached hydrogen (secondary N) is 1. The van der Waals surface area contributed by atoms with Gasteiger partial charge in [-0.2, -0.15) is 0 Å². The van der Waals surface area contributed by atoms with Gasteiger partial charge in [-0.15, -0.1) is 0 Å². The Kier molecular flexibility index (Phi) is 3.10. The van der Waals surface area contributed by atoms with Gasteiger partial charge in [-0.1, -0.05) is 13.0 Å². The van der Waals surface area contributed by atoms with Gasteiger partial charge in [-0.3, -0.25) is 4.98 Å². The first-order valence-corrected chi connectivity index (χ1v) is 6.32. The van der Waals surface area contributed by atoms with Crippen LogP contribution in [0.25, 0.3) is 5.65 Å². The zero-order valence-electron chi connectivity index (χ0n) is 10.7. The normalized spacial score (nSPS) is 10.8. The van der Waals surface area contributed by atoms with Crippen molar-refractivity contribution in [3.8, 4) is 0 Å². The molecule has 3 aromatic rings. The van der Waals surface area contributed by atoms with Crippen LogP contribution in [0.5, 0.6) is 0 Å². The lowest BCUT2D eigenvalue weighted by Crippen LogP contribution is -2.06. The lowest BCUT2D eigenvalue weighted by atomic mass is 10.3. The van der Waals surface area contributed by atoms with Crippen molar-refractivity contribution in [3.05, 3.63) is 54.4 Å². The Labute approximate surface area is 111 Å². The van der Waals surface area contributed by atoms with Crippen LogP contribution in [0, 0.1) is 0 Å². The number of nitrogens with zero attached hydrogens (tertiary/aromatic N) is 4. The molecule has 96 valence electrons. The average Bonchev–Trinajstić information content (AvgIpc) is 2.94. The molecule has 0 spiro atoms. The maximum absolute atomic E-state index is 4.59. The summed E-state index contributed by atoms with van der Waals surface area (Å²) in [6, 6.07) is 3.96. The van der Waals surface area contributed by atoms with Gasteiger partial charge < -0.3 is 9.72 Å². The number of anilines is 1. The summed E-state index contributed by atoms with van der Waals surface area (Å²) in [7, 11) is 0. The minimum Gasteiger partial charge on any atom is -0.363 e. The van der Waals surface area contributed by atoms with E-state index < -0.39 is 0 Å². The number of aryl methyl sites for hydroxylation is 1. The largest absolute Gasteiger partial charge is 0.363 e. The number of imidazole rings is 1. The number of rotatable bonds is 4. The van der Waals surface area contributed by atoms with E-state index in [-0.39, 0.29) is 0 Å². The van der Waals surface area contributed by atoms with E-state index in [0.29, 0.717) is 6.54 Å². The first-order valence-electron chi connectivity index (χ1n) is 6.32. The van der Waals surface area contributed by atoms with Gasteiger partial charge in [-0.25, -0.2) is 9.97 Å². The molecule has 5 heteroatoms. The molecule has 0 saturated carbocycles. The van der Waals surface area contributed by atoms with Crippen LogP contribution in [-0.2, 0) is 13.0 Å². The van der Waals surface area contributed by atoms with Crippen LogP contribution >= 0.6 is 0 Å². The predicted molar refractivity (Wildman–Crippen MR) is 73.9 cm³/mol. The SMILES string of the molecule is CCc1cn2ccnc2c(NCc2cccnc2)n1. The molecule has 0 aliphatic heterocycles. The fourth-order valence-electron chi connectivity index (χ4n) is 1.96. The van der Waals surface area contributed by atoms with Crippen molar-refractivity contribution in [1.29, 1.82) is 0 Å². The summed E-state index contributed by atoms with van der Waals surface area (Å²) < 4.78 is 2.00. The number of hydrogen-bond donors (Lipinski definition) is 1. The Hall–Kier alpha value is -2.43. The standard InChI is InChI=1S/C14H15N5/c1-2-12-10-19-7-6-16-14(19)13(18-12)17-9-11-4-3-5-15-8-11/h3-8,10H,2,9H2,1H3,(H,17,18). The van der Waals surface area contributed by atoms with E-state index in [9.17, 15) is 0 Å². The van der Waals surface area contributed by atoms with Crippen molar-refractivity contribution >= 4 is 11.5 Å². The lowest BCUT2D eigenvalue weighted by molar-refractivity contribution is 0.967. The minimum atomic E-state index is 0.691. The molecular weight excluding hydrogens is 238 g/mol. The molecule has 0 atom stereocenters. The van der Waals surface area contributed by atoms with Gasteiger partial charge in [0.25, 0.3) is 0 Å². The molecule has 3 heterocycles. The van der Waals surface area contributed by atoms with Gasteiger partial charge in [0, 0.05) is 37.5 Å². The molecule has 0 aliphatic rings. The third kappa shape index (κ3) is 2.40. The summed E-state index contributed by atoms with van der Waals surface area (Å²) in [5, 5.41) is 3.33. The summed E-state index contributed by atoms with van der Waals surface area (Å²) in [6.07, 6.45) is 10.2. The third-order valence-electron chi connectivity index (χ3n) is 2.97. The highest BCUT2D eigenvalue weighted by Crippen LogP contribution is 2.14. The quantitative estimate of drug-likeness (QED) is 0.775. The number of pyridine rings is 1. The van der Waals surface area contributed by atoms with Crippen molar-refractivity contribution in [3.63, 3.8) is 0 Å². The molecule has 0 unspecified atom stereocenters. The van der Waals surface area contributed by atoms with Crippen LogP contribution < -0.4 is 5.32 Å². The molecule has 0 aromatic carbocycles. The Morgan fingerprint density at radius 1 is 1.32 bits per heavy atom. The topological polar surface area (TPSA) is 55.1 Å². The number of aromatic nitrogens is 4. The molecule has 0 saturated heterocycles. The Morgan fingerprint density at radius 2 is 2.26 bits per heavy atom. The maximum atomic E-state index is 4.59. The second kappa shape index (κ2) is 5.06. The number of fused-ring (bicyclic) bond motifs is 1. The third-order valence-corrected chi connectivity index (χ3v) is 2.97. The van der Waals surface area contributed by atoms with E-state index in [1.165, 1.54) is 0 Å². The highest BCUT2D eigenvalue weighted by Gasteiger charge is 2.06. The molecular formula is C14H15N5. The maximum Gasteiger partial charge on any atom is 0.180 e. The van der Waals surface area contributed by atoms with Gasteiger partial charge in [0.2, 0.25) is 0 Å². The predicted octanol–water partition coefficient (Wildman–Crippen LogP) is 2.30. The van der Waals surface area contributed by atoms with Crippen LogP contribution in [0.4, 0.5) is 5.82 Å². The highest BCUT2D eigenvalue weighted by molar-refractivity contribution is 5.62. The summed E-state index contributed by atoms with van der Waals surface area (Å²) in [4.78, 5) is 13.0. The molecule has 0 aliphatic carbocycles. The zero-order chi connectivity index (χ0) is 13.1. The second-order valence-corrected chi connectivity index (χ2v) is 4.31. The van der Waals surface area contributed by atoms with Crippen molar-refractivity contribution in [2.75, 3.05) is 5.32 Å². The van der Waals surface area contributed by atoms with Gasteiger partial charge in [0.1, 0.15) is 0 Å². The monoisotopic (exact) mass is 253 g/mol. The van der Waals surface area contributed by atoms with E-state index in [0.717, 1.165) is 29.1 Å². The first kappa shape index (κ1) is 11.6. The van der Waals surface area contributed by atoms with Crippen LogP contribution in [0.3, 0.4) is 0 Å². The first-order chi connectivity index (χ1) is 9.36. The van der Waals surface area contributed by atoms with E-state index in [2.05, 4.69) is 27.2 Å². The van der Waals surface area contributed by atoms with Crippen LogP contribution in [0.1, 0.15) is 18.2 Å². The molecule has 0 fully saturated rings. The van der Waals surface area contributed by atoms with Crippen LogP contribution in [0.15, 0.2) is 43.1 Å². The summed E-state index contributed by atoms with van der Waals surface area (Å²) >= 11 is 0. The molecule has 0 radical (unpaired) electrons. The van der Waals surface area contributed by atoms with Gasteiger partial charge in [-0.05, 0) is 18.1 Å². The van der Waals surface area contributed by atoms with Crippen LogP contribution in [0.2, 0.25) is 0 Å². The highest BCUT2D eigenvalue weighted by atomic mass is 15.1. The van der Waals surface area contributed by atoms with Gasteiger partial charge in [0.15, 0.2) is 11.5 Å². The smallest absolute Gasteiger partial charge is 0.180 e. The molecule has 1 N–H and O–H groups in total. The van der Waals surface area contributed by atoms with E-state index >= 15 is 0 Å². The van der Waals surface area contributed by atoms with Crippen molar-refractivity contribution in [2.45, 2.75) is 19.9 Å². The van der Waals surface area contributed by atoms with Gasteiger partial charge in [0.05, 0.1) is 5.69 Å². The molecule has 0 bridgehead atoms. The summed E-state index contributed by atoms with van der Waals surface area (Å²) in [5.74, 6) is 0.813. The van der Waals surface area contributed by atoms with E-state index in [1.54, 1.807) is 12.4 Å². The van der Waals surface area contributed by atoms with Crippen molar-refractivity contribution in [2.24, 2.45) is 0 Å². The molecule has 3 aromatic heterocycles. The zero-order valence-corrected chi connectivity index (χ0v) is 10.7. The van der Waals surface area contributed by atoms with E-state index in [4.69, 9.17) is 0 Å². The fraction of sp³-hybridized carbons (Fsp3) is 0.214. The molecule has 19 heavy (non-hydrogen) atoms.